The lowest BCUT2D eigenvalue weighted by molar-refractivity contribution is 0.314. The summed E-state index contributed by atoms with van der Waals surface area (Å²) >= 11 is 7.51. The quantitative estimate of drug-likeness (QED) is 0.819. The molecule has 6 heteroatoms. The molecule has 1 N–H and O–H groups in total. The van der Waals surface area contributed by atoms with Crippen molar-refractivity contribution in [3.05, 3.63) is 21.3 Å². The van der Waals surface area contributed by atoms with Crippen LogP contribution in [0.3, 0.4) is 0 Å². The lowest BCUT2D eigenvalue weighted by Crippen LogP contribution is -2.37. The van der Waals surface area contributed by atoms with Gasteiger partial charge in [-0.15, -0.1) is 11.3 Å². The number of nitrogens with one attached hydrogen (secondary N) is 1. The highest BCUT2D eigenvalue weighted by atomic mass is 35.5. The molecule has 0 bridgehead atoms. The molecule has 1 saturated heterocycles. The fourth-order valence-electron chi connectivity index (χ4n) is 2.67. The van der Waals surface area contributed by atoms with Crippen LogP contribution in [0.15, 0.2) is 12.1 Å². The fraction of sp³-hybridized carbons (Fsp3) is 0.692. The van der Waals surface area contributed by atoms with Crippen molar-refractivity contribution in [1.82, 2.24) is 5.32 Å². The molecule has 0 radical (unpaired) electrons. The standard InChI is InChI=1S/C13H20ClNO2S2/c1-2-6-15-9-13(5-7-19(16,17)10-13)8-11-3-4-12(14)18-11/h3-4,15H,2,5-10H2,1H3. The first kappa shape index (κ1) is 15.3. The molecule has 1 atom stereocenters. The van der Waals surface area contributed by atoms with Crippen LogP contribution < -0.4 is 5.32 Å². The zero-order chi connectivity index (χ0) is 13.9. The third-order valence-electron chi connectivity index (χ3n) is 3.57. The lowest BCUT2D eigenvalue weighted by atomic mass is 9.83. The van der Waals surface area contributed by atoms with Gasteiger partial charge in [0.1, 0.15) is 0 Å². The smallest absolute Gasteiger partial charge is 0.150 e. The molecule has 19 heavy (non-hydrogen) atoms. The van der Waals surface area contributed by atoms with Crippen LogP contribution in [0.2, 0.25) is 4.34 Å². The van der Waals surface area contributed by atoms with E-state index < -0.39 is 9.84 Å². The van der Waals surface area contributed by atoms with E-state index in [1.165, 1.54) is 4.88 Å². The van der Waals surface area contributed by atoms with Gasteiger partial charge in [0.2, 0.25) is 0 Å². The average molecular weight is 322 g/mol. The Kier molecular flexibility index (Phi) is 4.93. The molecule has 0 saturated carbocycles. The molecule has 1 aromatic rings. The molecule has 1 aliphatic heterocycles. The summed E-state index contributed by atoms with van der Waals surface area (Å²) in [6.45, 7) is 3.83. The monoisotopic (exact) mass is 321 g/mol. The normalized spacial score (nSPS) is 25.8. The molecule has 1 aliphatic rings. The minimum Gasteiger partial charge on any atom is -0.316 e. The van der Waals surface area contributed by atoms with Crippen LogP contribution in [0.4, 0.5) is 0 Å². The van der Waals surface area contributed by atoms with Gasteiger partial charge >= 0.3 is 0 Å². The predicted octanol–water partition coefficient (Wildman–Crippen LogP) is 2.75. The third-order valence-corrected chi connectivity index (χ3v) is 6.68. The Morgan fingerprint density at radius 2 is 2.26 bits per heavy atom. The molecule has 108 valence electrons. The van der Waals surface area contributed by atoms with Crippen LogP contribution in [0.5, 0.6) is 0 Å². The van der Waals surface area contributed by atoms with Crippen molar-refractivity contribution in [2.45, 2.75) is 26.2 Å². The molecule has 0 aromatic carbocycles. The first-order chi connectivity index (χ1) is 8.95. The minimum atomic E-state index is -2.87. The zero-order valence-corrected chi connectivity index (χ0v) is 13.5. The Balaban J connectivity index is 2.10. The first-order valence-electron chi connectivity index (χ1n) is 6.60. The number of sulfone groups is 1. The molecule has 1 aromatic heterocycles. The Bertz CT molecular complexity index is 527. The Labute approximate surface area is 124 Å². The van der Waals surface area contributed by atoms with E-state index in [0.29, 0.717) is 11.5 Å². The van der Waals surface area contributed by atoms with Crippen LogP contribution in [0, 0.1) is 5.41 Å². The molecule has 3 nitrogen and oxygen atoms in total. The van der Waals surface area contributed by atoms with E-state index in [1.54, 1.807) is 11.3 Å². The van der Waals surface area contributed by atoms with Gasteiger partial charge in [0, 0.05) is 16.8 Å². The van der Waals surface area contributed by atoms with Gasteiger partial charge in [-0.05, 0) is 37.9 Å². The number of thiophene rings is 1. The summed E-state index contributed by atoms with van der Waals surface area (Å²) in [5.41, 5.74) is -0.151. The van der Waals surface area contributed by atoms with E-state index in [1.807, 2.05) is 12.1 Å². The van der Waals surface area contributed by atoms with Crippen molar-refractivity contribution in [3.8, 4) is 0 Å². The summed E-state index contributed by atoms with van der Waals surface area (Å²) in [6, 6.07) is 3.90. The molecule has 1 unspecified atom stereocenters. The second-order valence-electron chi connectivity index (χ2n) is 5.40. The van der Waals surface area contributed by atoms with Gasteiger partial charge in [-0.3, -0.25) is 0 Å². The zero-order valence-electron chi connectivity index (χ0n) is 11.1. The van der Waals surface area contributed by atoms with Crippen molar-refractivity contribution in [2.24, 2.45) is 5.41 Å². The largest absolute Gasteiger partial charge is 0.316 e. The van der Waals surface area contributed by atoms with Crippen LogP contribution in [-0.2, 0) is 16.3 Å². The first-order valence-corrected chi connectivity index (χ1v) is 9.62. The number of hydrogen-bond acceptors (Lipinski definition) is 4. The maximum atomic E-state index is 11.8. The predicted molar refractivity (Wildman–Crippen MR) is 81.9 cm³/mol. The second kappa shape index (κ2) is 6.12. The molecular weight excluding hydrogens is 302 g/mol. The highest BCUT2D eigenvalue weighted by Gasteiger charge is 2.42. The summed E-state index contributed by atoms with van der Waals surface area (Å²) in [4.78, 5) is 1.18. The third kappa shape index (κ3) is 4.18. The van der Waals surface area contributed by atoms with E-state index in [2.05, 4.69) is 12.2 Å². The Morgan fingerprint density at radius 3 is 2.79 bits per heavy atom. The molecular formula is C13H20ClNO2S2. The van der Waals surface area contributed by atoms with Gasteiger partial charge in [0.25, 0.3) is 0 Å². The summed E-state index contributed by atoms with van der Waals surface area (Å²) < 4.78 is 24.4. The number of hydrogen-bond donors (Lipinski definition) is 1. The summed E-state index contributed by atoms with van der Waals surface area (Å²) in [5, 5.41) is 3.39. The van der Waals surface area contributed by atoms with Gasteiger partial charge in [-0.1, -0.05) is 18.5 Å². The molecule has 0 aliphatic carbocycles. The van der Waals surface area contributed by atoms with Crippen molar-refractivity contribution in [1.29, 1.82) is 0 Å². The highest BCUT2D eigenvalue weighted by molar-refractivity contribution is 7.91. The number of halogens is 1. The Hall–Kier alpha value is -0.100. The van der Waals surface area contributed by atoms with E-state index >= 15 is 0 Å². The maximum Gasteiger partial charge on any atom is 0.150 e. The topological polar surface area (TPSA) is 46.2 Å². The molecule has 1 fully saturated rings. The van der Waals surface area contributed by atoms with E-state index in [-0.39, 0.29) is 5.41 Å². The Morgan fingerprint density at radius 1 is 1.47 bits per heavy atom. The van der Waals surface area contributed by atoms with Crippen LogP contribution in [0.25, 0.3) is 0 Å². The van der Waals surface area contributed by atoms with E-state index in [4.69, 9.17) is 11.6 Å². The summed E-state index contributed by atoms with van der Waals surface area (Å²) in [6.07, 6.45) is 2.62. The summed E-state index contributed by atoms with van der Waals surface area (Å²) in [7, 11) is -2.87. The van der Waals surface area contributed by atoms with E-state index in [0.717, 1.165) is 36.7 Å². The van der Waals surface area contributed by atoms with Gasteiger partial charge < -0.3 is 5.32 Å². The van der Waals surface area contributed by atoms with Gasteiger partial charge in [0.15, 0.2) is 9.84 Å². The van der Waals surface area contributed by atoms with Gasteiger partial charge in [-0.2, -0.15) is 0 Å². The van der Waals surface area contributed by atoms with Gasteiger partial charge in [0.05, 0.1) is 15.8 Å². The van der Waals surface area contributed by atoms with Crippen LogP contribution in [0.1, 0.15) is 24.6 Å². The maximum absolute atomic E-state index is 11.8. The fourth-order valence-corrected chi connectivity index (χ4v) is 6.10. The minimum absolute atomic E-state index is 0.151. The van der Waals surface area contributed by atoms with E-state index in [9.17, 15) is 8.42 Å². The van der Waals surface area contributed by atoms with Crippen molar-refractivity contribution in [3.63, 3.8) is 0 Å². The second-order valence-corrected chi connectivity index (χ2v) is 9.39. The molecule has 2 rings (SSSR count). The van der Waals surface area contributed by atoms with Crippen molar-refractivity contribution in [2.75, 3.05) is 24.6 Å². The van der Waals surface area contributed by atoms with Crippen molar-refractivity contribution >= 4 is 32.8 Å². The molecule has 0 amide bonds. The molecule has 2 heterocycles. The number of rotatable bonds is 6. The molecule has 0 spiro atoms. The highest BCUT2D eigenvalue weighted by Crippen LogP contribution is 2.37. The van der Waals surface area contributed by atoms with Crippen LogP contribution >= 0.6 is 22.9 Å². The SMILES string of the molecule is CCCNCC1(Cc2ccc(Cl)s2)CCS(=O)(=O)C1. The lowest BCUT2D eigenvalue weighted by Gasteiger charge is -2.27. The average Bonchev–Trinajstić information content (AvgIpc) is 2.84. The van der Waals surface area contributed by atoms with Crippen LogP contribution in [-0.4, -0.2) is 33.0 Å². The van der Waals surface area contributed by atoms with Gasteiger partial charge in [-0.25, -0.2) is 8.42 Å². The van der Waals surface area contributed by atoms with Crippen molar-refractivity contribution < 1.29 is 8.42 Å². The summed E-state index contributed by atoms with van der Waals surface area (Å²) in [5.74, 6) is 0.617.